The van der Waals surface area contributed by atoms with Crippen LogP contribution < -0.4 is 5.32 Å². The summed E-state index contributed by atoms with van der Waals surface area (Å²) < 4.78 is 6.96. The van der Waals surface area contributed by atoms with E-state index in [1.165, 1.54) is 0 Å². The number of likely N-dealkylation sites (N-methyl/N-ethyl adjacent to an activating group) is 1. The molecular weight excluding hydrogens is 284 g/mol. The zero-order valence-corrected chi connectivity index (χ0v) is 14.0. The fraction of sp³-hybridized carbons (Fsp3) is 0.667. The van der Waals surface area contributed by atoms with Gasteiger partial charge in [-0.3, -0.25) is 4.79 Å². The number of ether oxygens (including phenoxy) is 1. The number of hydrogen-bond acceptors (Lipinski definition) is 4. The van der Waals surface area contributed by atoms with Gasteiger partial charge in [0, 0.05) is 38.4 Å². The predicted molar refractivity (Wildman–Crippen MR) is 83.5 cm³/mol. The summed E-state index contributed by atoms with van der Waals surface area (Å²) in [5.74, 6) is 0.0295. The first kappa shape index (κ1) is 18.0. The number of alkyl carbamates (subject to hydrolysis) is 1. The van der Waals surface area contributed by atoms with Gasteiger partial charge in [-0.2, -0.15) is 0 Å². The van der Waals surface area contributed by atoms with Crippen LogP contribution >= 0.6 is 0 Å². The van der Waals surface area contributed by atoms with E-state index in [4.69, 9.17) is 4.74 Å². The van der Waals surface area contributed by atoms with Crippen LogP contribution in [0.2, 0.25) is 0 Å². The zero-order valence-electron chi connectivity index (χ0n) is 14.0. The Morgan fingerprint density at radius 2 is 2.09 bits per heavy atom. The average molecular weight is 310 g/mol. The van der Waals surface area contributed by atoms with Gasteiger partial charge in [0.05, 0.1) is 6.33 Å². The van der Waals surface area contributed by atoms with E-state index in [2.05, 4.69) is 10.3 Å². The summed E-state index contributed by atoms with van der Waals surface area (Å²) in [5, 5.41) is 2.69. The quantitative estimate of drug-likeness (QED) is 0.862. The van der Waals surface area contributed by atoms with Gasteiger partial charge in [0.15, 0.2) is 0 Å². The van der Waals surface area contributed by atoms with Gasteiger partial charge in [-0.25, -0.2) is 9.78 Å². The number of amides is 2. The van der Waals surface area contributed by atoms with Crippen molar-refractivity contribution in [3.8, 4) is 0 Å². The van der Waals surface area contributed by atoms with Gasteiger partial charge < -0.3 is 19.5 Å². The van der Waals surface area contributed by atoms with E-state index in [-0.39, 0.29) is 12.5 Å². The minimum atomic E-state index is -0.511. The Balaban J connectivity index is 2.46. The molecule has 0 saturated heterocycles. The van der Waals surface area contributed by atoms with Crippen LogP contribution in [0.15, 0.2) is 12.5 Å². The monoisotopic (exact) mass is 310 g/mol. The molecule has 1 heterocycles. The zero-order chi connectivity index (χ0) is 16.8. The molecule has 124 valence electrons. The molecule has 0 atom stereocenters. The summed E-state index contributed by atoms with van der Waals surface area (Å²) in [6.45, 7) is 8.73. The number of aromatic nitrogens is 2. The Bertz CT molecular complexity index is 505. The van der Waals surface area contributed by atoms with Crippen LogP contribution in [0.5, 0.6) is 0 Å². The standard InChI is InChI=1S/C15H26N4O3/c1-6-18(5)13(20)10-19-11-16-9-12(19)7-8-17-14(21)22-15(2,3)4/h9,11H,6-8,10H2,1-5H3,(H,17,21). The molecule has 0 radical (unpaired) electrons. The first-order valence-electron chi connectivity index (χ1n) is 7.42. The smallest absolute Gasteiger partial charge is 0.407 e. The summed E-state index contributed by atoms with van der Waals surface area (Å²) in [7, 11) is 1.77. The summed E-state index contributed by atoms with van der Waals surface area (Å²) in [5.41, 5.74) is 0.386. The van der Waals surface area contributed by atoms with Crippen LogP contribution in [-0.4, -0.2) is 52.2 Å². The van der Waals surface area contributed by atoms with Crippen molar-refractivity contribution in [3.63, 3.8) is 0 Å². The molecule has 0 aromatic carbocycles. The Kier molecular flexibility index (Phi) is 6.39. The summed E-state index contributed by atoms with van der Waals surface area (Å²) in [4.78, 5) is 29.2. The van der Waals surface area contributed by atoms with Crippen LogP contribution in [0.4, 0.5) is 4.79 Å². The first-order chi connectivity index (χ1) is 10.2. The summed E-state index contributed by atoms with van der Waals surface area (Å²) >= 11 is 0. The average Bonchev–Trinajstić information content (AvgIpc) is 2.83. The van der Waals surface area contributed by atoms with E-state index in [0.717, 1.165) is 5.69 Å². The molecule has 22 heavy (non-hydrogen) atoms. The third kappa shape index (κ3) is 6.15. The molecule has 0 bridgehead atoms. The molecule has 1 N–H and O–H groups in total. The van der Waals surface area contributed by atoms with Crippen molar-refractivity contribution < 1.29 is 14.3 Å². The van der Waals surface area contributed by atoms with E-state index in [0.29, 0.717) is 19.5 Å². The van der Waals surface area contributed by atoms with Crippen molar-refractivity contribution >= 4 is 12.0 Å². The Hall–Kier alpha value is -2.05. The molecule has 1 aromatic rings. The number of carbonyl (C=O) groups is 2. The lowest BCUT2D eigenvalue weighted by molar-refractivity contribution is -0.130. The van der Waals surface area contributed by atoms with Gasteiger partial charge in [-0.05, 0) is 27.7 Å². The maximum Gasteiger partial charge on any atom is 0.407 e. The lowest BCUT2D eigenvalue weighted by Gasteiger charge is -2.19. The lowest BCUT2D eigenvalue weighted by Crippen LogP contribution is -2.34. The van der Waals surface area contributed by atoms with Crippen LogP contribution in [0.1, 0.15) is 33.4 Å². The lowest BCUT2D eigenvalue weighted by atomic mass is 10.2. The molecule has 1 aromatic heterocycles. The number of nitrogens with one attached hydrogen (secondary N) is 1. The molecule has 0 aliphatic carbocycles. The van der Waals surface area contributed by atoms with Gasteiger partial charge in [0.1, 0.15) is 12.1 Å². The Morgan fingerprint density at radius 3 is 2.68 bits per heavy atom. The van der Waals surface area contributed by atoms with Gasteiger partial charge in [-0.15, -0.1) is 0 Å². The van der Waals surface area contributed by atoms with Gasteiger partial charge in [-0.1, -0.05) is 0 Å². The second-order valence-electron chi connectivity index (χ2n) is 6.10. The molecule has 2 amide bonds. The van der Waals surface area contributed by atoms with Crippen molar-refractivity contribution in [2.45, 2.75) is 46.3 Å². The number of hydrogen-bond donors (Lipinski definition) is 1. The minimum absolute atomic E-state index is 0.0295. The summed E-state index contributed by atoms with van der Waals surface area (Å²) in [6, 6.07) is 0. The van der Waals surface area contributed by atoms with Crippen molar-refractivity contribution in [2.75, 3.05) is 20.1 Å². The predicted octanol–water partition coefficient (Wildman–Crippen LogP) is 1.43. The van der Waals surface area contributed by atoms with Gasteiger partial charge in [0.2, 0.25) is 5.91 Å². The van der Waals surface area contributed by atoms with Crippen molar-refractivity contribution in [2.24, 2.45) is 0 Å². The highest BCUT2D eigenvalue weighted by atomic mass is 16.6. The van der Waals surface area contributed by atoms with E-state index in [9.17, 15) is 9.59 Å². The molecule has 0 unspecified atom stereocenters. The fourth-order valence-corrected chi connectivity index (χ4v) is 1.75. The fourth-order valence-electron chi connectivity index (χ4n) is 1.75. The Labute approximate surface area is 131 Å². The van der Waals surface area contributed by atoms with Crippen LogP contribution in [0.3, 0.4) is 0 Å². The van der Waals surface area contributed by atoms with Gasteiger partial charge >= 0.3 is 6.09 Å². The van der Waals surface area contributed by atoms with Crippen LogP contribution in [-0.2, 0) is 22.5 Å². The number of rotatable bonds is 6. The third-order valence-corrected chi connectivity index (χ3v) is 3.05. The normalized spacial score (nSPS) is 11.1. The van der Waals surface area contributed by atoms with E-state index < -0.39 is 11.7 Å². The minimum Gasteiger partial charge on any atom is -0.444 e. The highest BCUT2D eigenvalue weighted by molar-refractivity contribution is 5.75. The second kappa shape index (κ2) is 7.82. The molecular formula is C15H26N4O3. The number of imidazole rings is 1. The number of nitrogens with zero attached hydrogens (tertiary/aromatic N) is 3. The van der Waals surface area contributed by atoms with Gasteiger partial charge in [0.25, 0.3) is 0 Å². The van der Waals surface area contributed by atoms with E-state index >= 15 is 0 Å². The first-order valence-corrected chi connectivity index (χ1v) is 7.42. The molecule has 1 rings (SSSR count). The molecule has 7 heteroatoms. The molecule has 7 nitrogen and oxygen atoms in total. The summed E-state index contributed by atoms with van der Waals surface area (Å²) in [6.07, 6.45) is 3.48. The topological polar surface area (TPSA) is 76.5 Å². The molecule has 0 aliphatic heterocycles. The molecule has 0 aliphatic rings. The number of carbonyl (C=O) groups excluding carboxylic acids is 2. The molecule has 0 spiro atoms. The molecule has 0 saturated carbocycles. The maximum atomic E-state index is 11.9. The van der Waals surface area contributed by atoms with Crippen molar-refractivity contribution in [1.82, 2.24) is 19.8 Å². The largest absolute Gasteiger partial charge is 0.444 e. The van der Waals surface area contributed by atoms with Crippen molar-refractivity contribution in [3.05, 3.63) is 18.2 Å². The molecule has 0 fully saturated rings. The van der Waals surface area contributed by atoms with E-state index in [1.54, 1.807) is 29.0 Å². The van der Waals surface area contributed by atoms with Crippen LogP contribution in [0.25, 0.3) is 0 Å². The van der Waals surface area contributed by atoms with Crippen molar-refractivity contribution in [1.29, 1.82) is 0 Å². The highest BCUT2D eigenvalue weighted by Gasteiger charge is 2.16. The maximum absolute atomic E-state index is 11.9. The van der Waals surface area contributed by atoms with E-state index in [1.807, 2.05) is 27.7 Å². The van der Waals surface area contributed by atoms with Crippen LogP contribution in [0, 0.1) is 0 Å². The highest BCUT2D eigenvalue weighted by Crippen LogP contribution is 2.06. The SMILES string of the molecule is CCN(C)C(=O)Cn1cncc1CCNC(=O)OC(C)(C)C. The third-order valence-electron chi connectivity index (χ3n) is 3.05. The second-order valence-corrected chi connectivity index (χ2v) is 6.10. The Morgan fingerprint density at radius 1 is 1.41 bits per heavy atom.